The summed E-state index contributed by atoms with van der Waals surface area (Å²) < 4.78 is 1.12. The largest absolute Gasteiger partial charge is 0.348 e. The van der Waals surface area contributed by atoms with Crippen molar-refractivity contribution in [2.75, 3.05) is 0 Å². The molecule has 1 heterocycles. The third-order valence-corrected chi connectivity index (χ3v) is 3.00. The van der Waals surface area contributed by atoms with Crippen LogP contribution < -0.4 is 0 Å². The molecule has 0 aliphatic heterocycles. The molecule has 0 bridgehead atoms. The van der Waals surface area contributed by atoms with Gasteiger partial charge in [-0.2, -0.15) is 0 Å². The molecular weight excluding hydrogens is 252 g/mol. The minimum Gasteiger partial charge on any atom is -0.348 e. The molecule has 2 rings (SSSR count). The van der Waals surface area contributed by atoms with Gasteiger partial charge in [0.2, 0.25) is 0 Å². The van der Waals surface area contributed by atoms with E-state index in [9.17, 15) is 0 Å². The summed E-state index contributed by atoms with van der Waals surface area (Å²) in [5.41, 5.74) is 1.29. The molecule has 2 aromatic rings. The van der Waals surface area contributed by atoms with Crippen molar-refractivity contribution in [3.05, 3.63) is 52.5 Å². The summed E-state index contributed by atoms with van der Waals surface area (Å²) in [6.07, 6.45) is 4.72. The summed E-state index contributed by atoms with van der Waals surface area (Å²) in [6.45, 7) is 2.17. The zero-order chi connectivity index (χ0) is 10.7. The van der Waals surface area contributed by atoms with Crippen molar-refractivity contribution in [3.8, 4) is 0 Å². The molecular formula is C12H13BrN2. The molecule has 0 radical (unpaired) electrons. The average molecular weight is 265 g/mol. The van der Waals surface area contributed by atoms with E-state index in [2.05, 4.69) is 51.0 Å². The summed E-state index contributed by atoms with van der Waals surface area (Å²) in [4.78, 5) is 7.50. The molecule has 1 atom stereocenters. The number of hydrogen-bond donors (Lipinski definition) is 1. The van der Waals surface area contributed by atoms with Gasteiger partial charge in [-0.25, -0.2) is 4.98 Å². The lowest BCUT2D eigenvalue weighted by atomic mass is 9.96. The molecule has 0 saturated heterocycles. The van der Waals surface area contributed by atoms with Crippen molar-refractivity contribution in [2.24, 2.45) is 0 Å². The lowest BCUT2D eigenvalue weighted by Crippen LogP contribution is -2.01. The number of hydrogen-bond acceptors (Lipinski definition) is 1. The van der Waals surface area contributed by atoms with Gasteiger partial charge >= 0.3 is 0 Å². The van der Waals surface area contributed by atoms with Gasteiger partial charge in [0, 0.05) is 22.8 Å². The van der Waals surface area contributed by atoms with Crippen molar-refractivity contribution in [3.63, 3.8) is 0 Å². The third kappa shape index (κ3) is 2.29. The Morgan fingerprint density at radius 3 is 2.93 bits per heavy atom. The number of rotatable bonds is 3. The Morgan fingerprint density at radius 1 is 1.47 bits per heavy atom. The maximum absolute atomic E-state index is 4.32. The summed E-state index contributed by atoms with van der Waals surface area (Å²) in [7, 11) is 0. The number of aromatic nitrogens is 2. The molecule has 1 aromatic heterocycles. The summed E-state index contributed by atoms with van der Waals surface area (Å²) >= 11 is 3.49. The van der Waals surface area contributed by atoms with Crippen molar-refractivity contribution < 1.29 is 0 Å². The highest BCUT2D eigenvalue weighted by Crippen LogP contribution is 2.26. The second kappa shape index (κ2) is 4.62. The van der Waals surface area contributed by atoms with E-state index in [4.69, 9.17) is 0 Å². The predicted molar refractivity (Wildman–Crippen MR) is 64.9 cm³/mol. The van der Waals surface area contributed by atoms with Crippen LogP contribution in [0, 0.1) is 0 Å². The monoisotopic (exact) mass is 264 g/mol. The lowest BCUT2D eigenvalue weighted by Gasteiger charge is -2.12. The maximum atomic E-state index is 4.32. The molecule has 0 saturated carbocycles. The number of halogens is 1. The van der Waals surface area contributed by atoms with Crippen LogP contribution in [0.3, 0.4) is 0 Å². The molecule has 0 fully saturated rings. The van der Waals surface area contributed by atoms with Gasteiger partial charge in [0.05, 0.1) is 0 Å². The first-order chi connectivity index (χ1) is 7.31. The van der Waals surface area contributed by atoms with Crippen LogP contribution in [-0.2, 0) is 0 Å². The van der Waals surface area contributed by atoms with Gasteiger partial charge in [-0.15, -0.1) is 0 Å². The number of nitrogens with one attached hydrogen (secondary N) is 1. The van der Waals surface area contributed by atoms with E-state index in [1.165, 1.54) is 5.56 Å². The normalized spacial score (nSPS) is 12.7. The van der Waals surface area contributed by atoms with Crippen LogP contribution >= 0.6 is 15.9 Å². The Balaban J connectivity index is 2.35. The first kappa shape index (κ1) is 10.4. The second-order valence-electron chi connectivity index (χ2n) is 3.49. The molecule has 78 valence electrons. The molecule has 1 aromatic carbocycles. The maximum Gasteiger partial charge on any atom is 0.113 e. The third-order valence-electron chi connectivity index (χ3n) is 2.51. The molecule has 3 heteroatoms. The summed E-state index contributed by atoms with van der Waals surface area (Å²) in [5, 5.41) is 0. The first-order valence-corrected chi connectivity index (χ1v) is 5.85. The van der Waals surface area contributed by atoms with Crippen molar-refractivity contribution in [2.45, 2.75) is 19.3 Å². The summed E-state index contributed by atoms with van der Waals surface area (Å²) in [6, 6.07) is 8.39. The standard InChI is InChI=1S/C12H13BrN2/c1-2-11(12-14-6-7-15-12)9-4-3-5-10(13)8-9/h3-8,11H,2H2,1H3,(H,14,15). The Bertz CT molecular complexity index is 423. The van der Waals surface area contributed by atoms with Crippen LogP contribution in [0.2, 0.25) is 0 Å². The molecule has 2 nitrogen and oxygen atoms in total. The van der Waals surface area contributed by atoms with Gasteiger partial charge in [-0.3, -0.25) is 0 Å². The van der Waals surface area contributed by atoms with Gasteiger partial charge in [0.1, 0.15) is 5.82 Å². The number of aromatic amines is 1. The number of imidazole rings is 1. The molecule has 1 unspecified atom stereocenters. The fourth-order valence-corrected chi connectivity index (χ4v) is 2.20. The van der Waals surface area contributed by atoms with Crippen LogP contribution in [-0.4, -0.2) is 9.97 Å². The smallest absolute Gasteiger partial charge is 0.113 e. The molecule has 0 aliphatic rings. The van der Waals surface area contributed by atoms with E-state index in [1.807, 2.05) is 12.3 Å². The second-order valence-corrected chi connectivity index (χ2v) is 4.41. The Hall–Kier alpha value is -1.09. The Morgan fingerprint density at radius 2 is 2.33 bits per heavy atom. The fraction of sp³-hybridized carbons (Fsp3) is 0.250. The van der Waals surface area contributed by atoms with Crippen molar-refractivity contribution in [1.82, 2.24) is 9.97 Å². The van der Waals surface area contributed by atoms with E-state index in [-0.39, 0.29) is 0 Å². The highest BCUT2D eigenvalue weighted by Gasteiger charge is 2.13. The Labute approximate surface area is 97.9 Å². The highest BCUT2D eigenvalue weighted by molar-refractivity contribution is 9.10. The molecule has 0 amide bonds. The quantitative estimate of drug-likeness (QED) is 0.900. The van der Waals surface area contributed by atoms with E-state index in [1.54, 1.807) is 6.20 Å². The van der Waals surface area contributed by atoms with Crippen LogP contribution in [0.15, 0.2) is 41.1 Å². The van der Waals surface area contributed by atoms with E-state index < -0.39 is 0 Å². The van der Waals surface area contributed by atoms with E-state index >= 15 is 0 Å². The van der Waals surface area contributed by atoms with E-state index in [0.29, 0.717) is 5.92 Å². The minimum absolute atomic E-state index is 0.359. The minimum atomic E-state index is 0.359. The topological polar surface area (TPSA) is 28.7 Å². The van der Waals surface area contributed by atoms with Crippen LogP contribution in [0.25, 0.3) is 0 Å². The van der Waals surface area contributed by atoms with Gasteiger partial charge in [-0.1, -0.05) is 35.0 Å². The number of H-pyrrole nitrogens is 1. The fourth-order valence-electron chi connectivity index (χ4n) is 1.78. The Kier molecular flexibility index (Phi) is 3.21. The molecule has 1 N–H and O–H groups in total. The van der Waals surface area contributed by atoms with Gasteiger partial charge in [0.15, 0.2) is 0 Å². The zero-order valence-corrected chi connectivity index (χ0v) is 10.2. The molecule has 15 heavy (non-hydrogen) atoms. The SMILES string of the molecule is CCC(c1cccc(Br)c1)c1ncc[nH]1. The lowest BCUT2D eigenvalue weighted by molar-refractivity contribution is 0.729. The molecule has 0 spiro atoms. The summed E-state index contributed by atoms with van der Waals surface area (Å²) in [5.74, 6) is 1.40. The number of benzene rings is 1. The van der Waals surface area contributed by atoms with Crippen LogP contribution in [0.5, 0.6) is 0 Å². The zero-order valence-electron chi connectivity index (χ0n) is 8.57. The van der Waals surface area contributed by atoms with E-state index in [0.717, 1.165) is 16.7 Å². The highest BCUT2D eigenvalue weighted by atomic mass is 79.9. The van der Waals surface area contributed by atoms with Crippen molar-refractivity contribution in [1.29, 1.82) is 0 Å². The predicted octanol–water partition coefficient (Wildman–Crippen LogP) is 3.71. The van der Waals surface area contributed by atoms with Crippen LogP contribution in [0.4, 0.5) is 0 Å². The molecule has 0 aliphatic carbocycles. The van der Waals surface area contributed by atoms with Crippen molar-refractivity contribution >= 4 is 15.9 Å². The van der Waals surface area contributed by atoms with Crippen LogP contribution in [0.1, 0.15) is 30.7 Å². The average Bonchev–Trinajstić information content (AvgIpc) is 2.72. The van der Waals surface area contributed by atoms with Gasteiger partial charge < -0.3 is 4.98 Å². The van der Waals surface area contributed by atoms with Gasteiger partial charge in [0.25, 0.3) is 0 Å². The number of nitrogens with zero attached hydrogens (tertiary/aromatic N) is 1. The first-order valence-electron chi connectivity index (χ1n) is 5.06. The van der Waals surface area contributed by atoms with Gasteiger partial charge in [-0.05, 0) is 24.1 Å².